The molecule has 3 amide bonds. The SMILES string of the molecule is CC(C)CC(NC(=O)OC(C)(C)C)C(=O)N(C)C(C(=O)NC1CCCCC1)c1ccc(O)cc1. The fraction of sp³-hybridized carbons (Fsp3) is 0.654. The first-order valence-electron chi connectivity index (χ1n) is 12.2. The van der Waals surface area contributed by atoms with Gasteiger partial charge in [0.2, 0.25) is 11.8 Å². The highest BCUT2D eigenvalue weighted by molar-refractivity contribution is 5.92. The van der Waals surface area contributed by atoms with E-state index in [0.717, 1.165) is 25.7 Å². The van der Waals surface area contributed by atoms with E-state index in [0.29, 0.717) is 12.0 Å². The van der Waals surface area contributed by atoms with Gasteiger partial charge in [-0.2, -0.15) is 0 Å². The average Bonchev–Trinajstić information content (AvgIpc) is 2.73. The summed E-state index contributed by atoms with van der Waals surface area (Å²) in [5, 5.41) is 15.5. The van der Waals surface area contributed by atoms with E-state index in [4.69, 9.17) is 4.74 Å². The molecule has 0 aliphatic heterocycles. The van der Waals surface area contributed by atoms with Crippen molar-refractivity contribution in [1.29, 1.82) is 0 Å². The van der Waals surface area contributed by atoms with Gasteiger partial charge in [-0.3, -0.25) is 9.59 Å². The van der Waals surface area contributed by atoms with Gasteiger partial charge in [0.05, 0.1) is 0 Å². The maximum atomic E-state index is 13.6. The van der Waals surface area contributed by atoms with Gasteiger partial charge in [0.15, 0.2) is 0 Å². The molecule has 0 spiro atoms. The number of hydrogen-bond donors (Lipinski definition) is 3. The van der Waals surface area contributed by atoms with Gasteiger partial charge in [-0.1, -0.05) is 45.2 Å². The van der Waals surface area contributed by atoms with Gasteiger partial charge in [-0.15, -0.1) is 0 Å². The fourth-order valence-electron chi connectivity index (χ4n) is 4.25. The van der Waals surface area contributed by atoms with Crippen LogP contribution >= 0.6 is 0 Å². The van der Waals surface area contributed by atoms with Crippen LogP contribution in [-0.4, -0.2) is 52.6 Å². The van der Waals surface area contributed by atoms with E-state index in [-0.39, 0.29) is 29.5 Å². The Morgan fingerprint density at radius 1 is 1.09 bits per heavy atom. The van der Waals surface area contributed by atoms with Crippen LogP contribution in [0.5, 0.6) is 5.75 Å². The number of benzene rings is 1. The van der Waals surface area contributed by atoms with Crippen molar-refractivity contribution < 1.29 is 24.2 Å². The summed E-state index contributed by atoms with van der Waals surface area (Å²) < 4.78 is 5.36. The first-order valence-corrected chi connectivity index (χ1v) is 12.2. The number of hydrogen-bond acceptors (Lipinski definition) is 5. The number of amides is 3. The number of ether oxygens (including phenoxy) is 1. The van der Waals surface area contributed by atoms with Crippen molar-refractivity contribution in [2.45, 2.75) is 96.9 Å². The third-order valence-corrected chi connectivity index (χ3v) is 5.84. The summed E-state index contributed by atoms with van der Waals surface area (Å²) in [6.45, 7) is 9.20. The molecule has 0 bridgehead atoms. The number of nitrogens with one attached hydrogen (secondary N) is 2. The average molecular weight is 476 g/mol. The molecular weight excluding hydrogens is 434 g/mol. The van der Waals surface area contributed by atoms with Crippen molar-refractivity contribution in [2.75, 3.05) is 7.05 Å². The quantitative estimate of drug-likeness (QED) is 0.520. The Labute approximate surface area is 203 Å². The minimum atomic E-state index is -0.898. The zero-order valence-electron chi connectivity index (χ0n) is 21.4. The first kappa shape index (κ1) is 27.5. The van der Waals surface area contributed by atoms with E-state index < -0.39 is 23.8 Å². The summed E-state index contributed by atoms with van der Waals surface area (Å²) in [5.74, 6) is -0.445. The van der Waals surface area contributed by atoms with E-state index in [2.05, 4.69) is 10.6 Å². The van der Waals surface area contributed by atoms with Crippen LogP contribution < -0.4 is 10.6 Å². The summed E-state index contributed by atoms with van der Waals surface area (Å²) in [4.78, 5) is 40.8. The van der Waals surface area contributed by atoms with E-state index >= 15 is 0 Å². The minimum absolute atomic E-state index is 0.0773. The molecule has 2 atom stereocenters. The van der Waals surface area contributed by atoms with E-state index in [1.54, 1.807) is 40.0 Å². The minimum Gasteiger partial charge on any atom is -0.508 e. The van der Waals surface area contributed by atoms with Crippen LogP contribution in [0.2, 0.25) is 0 Å². The van der Waals surface area contributed by atoms with Crippen molar-refractivity contribution in [1.82, 2.24) is 15.5 Å². The molecule has 1 aromatic carbocycles. The van der Waals surface area contributed by atoms with Crippen molar-refractivity contribution in [3.05, 3.63) is 29.8 Å². The van der Waals surface area contributed by atoms with Crippen molar-refractivity contribution in [3.8, 4) is 5.75 Å². The van der Waals surface area contributed by atoms with Crippen LogP contribution in [0.3, 0.4) is 0 Å². The topological polar surface area (TPSA) is 108 Å². The van der Waals surface area contributed by atoms with Crippen molar-refractivity contribution in [2.24, 2.45) is 5.92 Å². The molecule has 8 heteroatoms. The monoisotopic (exact) mass is 475 g/mol. The van der Waals surface area contributed by atoms with Gasteiger partial charge in [0.1, 0.15) is 23.4 Å². The largest absolute Gasteiger partial charge is 0.508 e. The fourth-order valence-corrected chi connectivity index (χ4v) is 4.25. The lowest BCUT2D eigenvalue weighted by molar-refractivity contribution is -0.141. The predicted octanol–water partition coefficient (Wildman–Crippen LogP) is 4.28. The number of nitrogens with zero attached hydrogens (tertiary/aromatic N) is 1. The number of likely N-dealkylation sites (N-methyl/N-ethyl adjacent to an activating group) is 1. The number of phenolic OH excluding ortho intramolecular Hbond substituents is 1. The number of rotatable bonds is 8. The summed E-state index contributed by atoms with van der Waals surface area (Å²) in [7, 11) is 1.57. The molecule has 1 aromatic rings. The zero-order chi connectivity index (χ0) is 25.5. The third-order valence-electron chi connectivity index (χ3n) is 5.84. The lowest BCUT2D eigenvalue weighted by Gasteiger charge is -2.33. The normalized spacial score (nSPS) is 16.4. The summed E-state index contributed by atoms with van der Waals surface area (Å²) >= 11 is 0. The Kier molecular flexibility index (Phi) is 9.77. The van der Waals surface area contributed by atoms with Crippen LogP contribution in [0.25, 0.3) is 0 Å². The first-order chi connectivity index (χ1) is 15.9. The number of aromatic hydroxyl groups is 1. The Balaban J connectivity index is 2.28. The molecule has 1 fully saturated rings. The number of carbonyl (C=O) groups is 3. The molecule has 0 saturated heterocycles. The van der Waals surface area contributed by atoms with Crippen LogP contribution in [0.4, 0.5) is 4.79 Å². The Bertz CT molecular complexity index is 826. The second-order valence-electron chi connectivity index (χ2n) is 10.6. The van der Waals surface area contributed by atoms with Gasteiger partial charge in [-0.25, -0.2) is 4.79 Å². The number of alkyl carbamates (subject to hydrolysis) is 1. The highest BCUT2D eigenvalue weighted by Gasteiger charge is 2.35. The molecule has 1 aliphatic rings. The number of carbonyl (C=O) groups excluding carboxylic acids is 3. The van der Waals surface area contributed by atoms with Crippen LogP contribution in [-0.2, 0) is 14.3 Å². The lowest BCUT2D eigenvalue weighted by Crippen LogP contribution is -2.53. The van der Waals surface area contributed by atoms with E-state index in [1.165, 1.54) is 23.5 Å². The third kappa shape index (κ3) is 8.54. The molecular formula is C26H41N3O5. The summed E-state index contributed by atoms with van der Waals surface area (Å²) in [6.07, 6.45) is 4.87. The van der Waals surface area contributed by atoms with Gasteiger partial charge >= 0.3 is 6.09 Å². The standard InChI is InChI=1S/C26H41N3O5/c1-17(2)16-21(28-25(33)34-26(3,4)5)24(32)29(6)22(18-12-14-20(30)15-13-18)23(31)27-19-10-8-7-9-11-19/h12-15,17,19,21-22,30H,7-11,16H2,1-6H3,(H,27,31)(H,28,33). The molecule has 34 heavy (non-hydrogen) atoms. The van der Waals surface area contributed by atoms with Gasteiger partial charge in [0.25, 0.3) is 0 Å². The molecule has 0 heterocycles. The second kappa shape index (κ2) is 12.1. The molecule has 3 N–H and O–H groups in total. The van der Waals surface area contributed by atoms with Crippen LogP contribution in [0.15, 0.2) is 24.3 Å². The highest BCUT2D eigenvalue weighted by atomic mass is 16.6. The molecule has 0 aromatic heterocycles. The summed E-state index contributed by atoms with van der Waals surface area (Å²) in [6, 6.07) is 4.62. The van der Waals surface area contributed by atoms with E-state index in [9.17, 15) is 19.5 Å². The Hall–Kier alpha value is -2.77. The highest BCUT2D eigenvalue weighted by Crippen LogP contribution is 2.26. The molecule has 0 radical (unpaired) electrons. The zero-order valence-corrected chi connectivity index (χ0v) is 21.4. The molecule has 1 aliphatic carbocycles. The van der Waals surface area contributed by atoms with Crippen molar-refractivity contribution >= 4 is 17.9 Å². The Morgan fingerprint density at radius 3 is 2.21 bits per heavy atom. The van der Waals surface area contributed by atoms with Crippen LogP contribution in [0, 0.1) is 5.92 Å². The summed E-state index contributed by atoms with van der Waals surface area (Å²) in [5.41, 5.74) is -0.113. The smallest absolute Gasteiger partial charge is 0.408 e. The van der Waals surface area contributed by atoms with Gasteiger partial charge in [0, 0.05) is 13.1 Å². The van der Waals surface area contributed by atoms with E-state index in [1.807, 2.05) is 13.8 Å². The molecule has 1 saturated carbocycles. The Morgan fingerprint density at radius 2 is 1.68 bits per heavy atom. The maximum Gasteiger partial charge on any atom is 0.408 e. The van der Waals surface area contributed by atoms with Gasteiger partial charge < -0.3 is 25.4 Å². The molecule has 2 rings (SSSR count). The predicted molar refractivity (Wildman–Crippen MR) is 131 cm³/mol. The second-order valence-corrected chi connectivity index (χ2v) is 10.6. The molecule has 190 valence electrons. The van der Waals surface area contributed by atoms with Crippen LogP contribution in [0.1, 0.15) is 84.7 Å². The van der Waals surface area contributed by atoms with Crippen molar-refractivity contribution in [3.63, 3.8) is 0 Å². The lowest BCUT2D eigenvalue weighted by atomic mass is 9.94. The van der Waals surface area contributed by atoms with Gasteiger partial charge in [-0.05, 0) is 63.6 Å². The molecule has 8 nitrogen and oxygen atoms in total. The molecule has 2 unspecified atom stereocenters. The number of phenols is 1. The maximum absolute atomic E-state index is 13.6.